The van der Waals surface area contributed by atoms with Crippen LogP contribution < -0.4 is 5.32 Å². The van der Waals surface area contributed by atoms with Crippen molar-refractivity contribution >= 4 is 17.2 Å². The number of carbonyl (C=O) groups is 1. The fourth-order valence-electron chi connectivity index (χ4n) is 3.70. The van der Waals surface area contributed by atoms with E-state index in [2.05, 4.69) is 44.3 Å². The Hall–Kier alpha value is -2.42. The number of hydrogen-bond acceptors (Lipinski definition) is 1. The Kier molecular flexibility index (Phi) is 5.23. The van der Waals surface area contributed by atoms with Gasteiger partial charge < -0.3 is 5.32 Å². The third-order valence-electron chi connectivity index (χ3n) is 4.98. The summed E-state index contributed by atoms with van der Waals surface area (Å²) in [5.41, 5.74) is 7.70. The van der Waals surface area contributed by atoms with Crippen LogP contribution in [0.3, 0.4) is 0 Å². The third-order valence-corrected chi connectivity index (χ3v) is 4.98. The molecule has 0 fully saturated rings. The lowest BCUT2D eigenvalue weighted by Crippen LogP contribution is -2.20. The van der Waals surface area contributed by atoms with Gasteiger partial charge in [-0.2, -0.15) is 0 Å². The Morgan fingerprint density at radius 2 is 1.74 bits per heavy atom. The van der Waals surface area contributed by atoms with Crippen molar-refractivity contribution in [2.75, 3.05) is 5.32 Å². The van der Waals surface area contributed by atoms with Crippen LogP contribution in [0.2, 0.25) is 0 Å². The van der Waals surface area contributed by atoms with E-state index in [1.54, 1.807) is 6.07 Å². The molecule has 0 atom stereocenters. The van der Waals surface area contributed by atoms with E-state index in [0.717, 1.165) is 35.2 Å². The van der Waals surface area contributed by atoms with Gasteiger partial charge in [0.15, 0.2) is 0 Å². The molecular weight excluding hydrogens is 337 g/mol. The van der Waals surface area contributed by atoms with Crippen LogP contribution in [0.5, 0.6) is 0 Å². The lowest BCUT2D eigenvalue weighted by atomic mass is 9.86. The molecule has 1 aliphatic carbocycles. The standard InChI is InChI=1S/C24H28FNO/c1-15-10-20(11-16(2)23(15)26-22(27)14-24(3,4)5)18-6-7-19-13-21(25)9-8-17(19)12-18/h6,8-11,13H,7,12,14H2,1-5H3,(H,26,27). The molecule has 0 aromatic heterocycles. The number of rotatable bonds is 3. The van der Waals surface area contributed by atoms with Crippen LogP contribution in [0.15, 0.2) is 36.4 Å². The minimum atomic E-state index is -0.173. The van der Waals surface area contributed by atoms with Crippen molar-refractivity contribution in [3.63, 3.8) is 0 Å². The number of nitrogens with one attached hydrogen (secondary N) is 1. The van der Waals surface area contributed by atoms with Crippen LogP contribution in [0.25, 0.3) is 5.57 Å². The molecule has 0 saturated heterocycles. The quantitative estimate of drug-likeness (QED) is 0.710. The topological polar surface area (TPSA) is 29.1 Å². The minimum absolute atomic E-state index is 0.0361. The molecule has 27 heavy (non-hydrogen) atoms. The summed E-state index contributed by atoms with van der Waals surface area (Å²) in [6, 6.07) is 9.33. The van der Waals surface area contributed by atoms with Crippen LogP contribution >= 0.6 is 0 Å². The van der Waals surface area contributed by atoms with Gasteiger partial charge in [-0.05, 0) is 89.8 Å². The molecule has 1 aliphatic rings. The van der Waals surface area contributed by atoms with Crippen molar-refractivity contribution in [2.24, 2.45) is 5.41 Å². The van der Waals surface area contributed by atoms with Crippen LogP contribution in [-0.2, 0) is 17.6 Å². The number of fused-ring (bicyclic) bond motifs is 1. The summed E-state index contributed by atoms with van der Waals surface area (Å²) < 4.78 is 13.4. The number of hydrogen-bond donors (Lipinski definition) is 1. The fourth-order valence-corrected chi connectivity index (χ4v) is 3.70. The van der Waals surface area contributed by atoms with Crippen LogP contribution in [0.4, 0.5) is 10.1 Å². The number of amides is 1. The molecular formula is C24H28FNO. The highest BCUT2D eigenvalue weighted by Gasteiger charge is 2.19. The largest absolute Gasteiger partial charge is 0.326 e. The highest BCUT2D eigenvalue weighted by molar-refractivity contribution is 5.93. The molecule has 0 bridgehead atoms. The number of anilines is 1. The third kappa shape index (κ3) is 4.65. The van der Waals surface area contributed by atoms with Crippen LogP contribution in [0, 0.1) is 25.1 Å². The average molecular weight is 365 g/mol. The number of benzene rings is 2. The van der Waals surface area contributed by atoms with Gasteiger partial charge >= 0.3 is 0 Å². The predicted molar refractivity (Wildman–Crippen MR) is 110 cm³/mol. The summed E-state index contributed by atoms with van der Waals surface area (Å²) in [6.07, 6.45) is 4.24. The monoisotopic (exact) mass is 365 g/mol. The summed E-state index contributed by atoms with van der Waals surface area (Å²) in [5.74, 6) is -0.123. The Labute approximate surface area is 161 Å². The molecule has 0 spiro atoms. The summed E-state index contributed by atoms with van der Waals surface area (Å²) in [6.45, 7) is 10.3. The second-order valence-electron chi connectivity index (χ2n) is 8.79. The smallest absolute Gasteiger partial charge is 0.224 e. The Morgan fingerprint density at radius 1 is 1.07 bits per heavy atom. The van der Waals surface area contributed by atoms with Gasteiger partial charge in [0.1, 0.15) is 5.82 Å². The van der Waals surface area contributed by atoms with Gasteiger partial charge in [0, 0.05) is 12.1 Å². The predicted octanol–water partition coefficient (Wildman–Crippen LogP) is 6.00. The molecule has 3 rings (SSSR count). The maximum absolute atomic E-state index is 13.4. The molecule has 2 aromatic carbocycles. The molecule has 142 valence electrons. The van der Waals surface area contributed by atoms with Crippen molar-refractivity contribution in [1.82, 2.24) is 0 Å². The molecule has 0 saturated carbocycles. The summed E-state index contributed by atoms with van der Waals surface area (Å²) in [5, 5.41) is 3.09. The van der Waals surface area contributed by atoms with Crippen molar-refractivity contribution in [2.45, 2.75) is 53.9 Å². The first-order valence-electron chi connectivity index (χ1n) is 9.50. The van der Waals surface area contributed by atoms with Gasteiger partial charge in [0.05, 0.1) is 0 Å². The van der Waals surface area contributed by atoms with E-state index < -0.39 is 0 Å². The fraction of sp³-hybridized carbons (Fsp3) is 0.375. The normalized spacial score (nSPS) is 13.8. The van der Waals surface area contributed by atoms with Gasteiger partial charge in [-0.15, -0.1) is 0 Å². The van der Waals surface area contributed by atoms with Crippen LogP contribution in [-0.4, -0.2) is 5.91 Å². The molecule has 1 N–H and O–H groups in total. The van der Waals surface area contributed by atoms with Gasteiger partial charge in [-0.25, -0.2) is 4.39 Å². The van der Waals surface area contributed by atoms with Gasteiger partial charge in [0.2, 0.25) is 5.91 Å². The zero-order chi connectivity index (χ0) is 19.8. The molecule has 2 aromatic rings. The first-order chi connectivity index (χ1) is 12.6. The van der Waals surface area contributed by atoms with Gasteiger partial charge in [-0.3, -0.25) is 4.79 Å². The van der Waals surface area contributed by atoms with Gasteiger partial charge in [-0.1, -0.05) is 32.9 Å². The second-order valence-corrected chi connectivity index (χ2v) is 8.79. The maximum Gasteiger partial charge on any atom is 0.224 e. The summed E-state index contributed by atoms with van der Waals surface area (Å²) >= 11 is 0. The van der Waals surface area contributed by atoms with Crippen molar-refractivity contribution in [1.29, 1.82) is 0 Å². The Morgan fingerprint density at radius 3 is 2.37 bits per heavy atom. The van der Waals surface area contributed by atoms with E-state index in [-0.39, 0.29) is 17.1 Å². The second kappa shape index (κ2) is 7.30. The van der Waals surface area contributed by atoms with E-state index in [1.165, 1.54) is 22.8 Å². The van der Waals surface area contributed by atoms with E-state index in [1.807, 2.05) is 19.9 Å². The number of aryl methyl sites for hydroxylation is 2. The lowest BCUT2D eigenvalue weighted by Gasteiger charge is -2.21. The number of allylic oxidation sites excluding steroid dienone is 2. The summed E-state index contributed by atoms with van der Waals surface area (Å²) in [7, 11) is 0. The highest BCUT2D eigenvalue weighted by Crippen LogP contribution is 2.32. The number of halogens is 1. The first-order valence-corrected chi connectivity index (χ1v) is 9.50. The van der Waals surface area contributed by atoms with E-state index in [4.69, 9.17) is 0 Å². The van der Waals surface area contributed by atoms with E-state index in [0.29, 0.717) is 6.42 Å². The molecule has 1 amide bonds. The molecule has 0 radical (unpaired) electrons. The Balaban J connectivity index is 1.82. The minimum Gasteiger partial charge on any atom is -0.326 e. The average Bonchev–Trinajstić information content (AvgIpc) is 2.56. The number of carbonyl (C=O) groups excluding carboxylic acids is 1. The van der Waals surface area contributed by atoms with E-state index in [9.17, 15) is 9.18 Å². The molecule has 3 heteroatoms. The zero-order valence-electron chi connectivity index (χ0n) is 16.9. The van der Waals surface area contributed by atoms with Crippen molar-refractivity contribution in [3.8, 4) is 0 Å². The SMILES string of the molecule is Cc1cc(C2=CCc3cc(F)ccc3C2)cc(C)c1NC(=O)CC(C)(C)C. The Bertz CT molecular complexity index is 895. The van der Waals surface area contributed by atoms with Crippen molar-refractivity contribution in [3.05, 3.63) is 70.0 Å². The van der Waals surface area contributed by atoms with Gasteiger partial charge in [0.25, 0.3) is 0 Å². The molecule has 2 nitrogen and oxygen atoms in total. The van der Waals surface area contributed by atoms with E-state index >= 15 is 0 Å². The maximum atomic E-state index is 13.4. The molecule has 0 heterocycles. The zero-order valence-corrected chi connectivity index (χ0v) is 16.9. The highest BCUT2D eigenvalue weighted by atomic mass is 19.1. The summed E-state index contributed by atoms with van der Waals surface area (Å²) in [4.78, 5) is 12.3. The molecule has 0 aliphatic heterocycles. The first kappa shape index (κ1) is 19.3. The van der Waals surface area contributed by atoms with Crippen LogP contribution in [0.1, 0.15) is 55.0 Å². The lowest BCUT2D eigenvalue weighted by molar-refractivity contribution is -0.117. The molecule has 0 unspecified atom stereocenters. The van der Waals surface area contributed by atoms with Crippen molar-refractivity contribution < 1.29 is 9.18 Å².